The summed E-state index contributed by atoms with van der Waals surface area (Å²) in [5.74, 6) is 1.88. The van der Waals surface area contributed by atoms with Crippen LogP contribution in [0.3, 0.4) is 0 Å². The molecule has 0 unspecified atom stereocenters. The molecule has 0 saturated heterocycles. The summed E-state index contributed by atoms with van der Waals surface area (Å²) < 4.78 is 12.8. The summed E-state index contributed by atoms with van der Waals surface area (Å²) in [6.07, 6.45) is 1.77. The number of aryl methyl sites for hydroxylation is 1. The Morgan fingerprint density at radius 3 is 2.46 bits per heavy atom. The van der Waals surface area contributed by atoms with Gasteiger partial charge in [0.2, 0.25) is 0 Å². The van der Waals surface area contributed by atoms with Crippen LogP contribution in [0.1, 0.15) is 22.8 Å². The van der Waals surface area contributed by atoms with Gasteiger partial charge in [0.05, 0.1) is 6.61 Å². The molecule has 0 radical (unpaired) electrons. The Kier molecular flexibility index (Phi) is 5.53. The maximum absolute atomic E-state index is 12.3. The second kappa shape index (κ2) is 8.20. The molecule has 0 aliphatic heterocycles. The number of nitrogens with one attached hydrogen (secondary N) is 1. The van der Waals surface area contributed by atoms with Gasteiger partial charge in [-0.15, -0.1) is 0 Å². The number of nitrogens with zero attached hydrogens (tertiary/aromatic N) is 2. The van der Waals surface area contributed by atoms with Gasteiger partial charge < -0.3 is 14.8 Å². The van der Waals surface area contributed by atoms with Gasteiger partial charge in [-0.2, -0.15) is 5.10 Å². The highest BCUT2D eigenvalue weighted by Crippen LogP contribution is 2.19. The molecule has 6 nitrogen and oxygen atoms in total. The van der Waals surface area contributed by atoms with E-state index in [9.17, 15) is 4.79 Å². The molecule has 26 heavy (non-hydrogen) atoms. The Hall–Kier alpha value is -3.28. The van der Waals surface area contributed by atoms with Gasteiger partial charge in [-0.3, -0.25) is 9.48 Å². The van der Waals surface area contributed by atoms with Gasteiger partial charge in [0.15, 0.2) is 5.82 Å². The standard InChI is InChI=1S/C20H21N3O3/c1-3-25-17-7-9-18(10-8-17)26-14-15-5-4-6-16(13-15)20(24)21-19-11-12-23(2)22-19/h4-13H,3,14H2,1-2H3,(H,21,22,24). The van der Waals surface area contributed by atoms with Crippen LogP contribution < -0.4 is 14.8 Å². The third kappa shape index (κ3) is 4.63. The van der Waals surface area contributed by atoms with E-state index in [-0.39, 0.29) is 5.91 Å². The first-order valence-electron chi connectivity index (χ1n) is 8.39. The van der Waals surface area contributed by atoms with E-state index in [0.29, 0.717) is 24.6 Å². The van der Waals surface area contributed by atoms with Crippen molar-refractivity contribution >= 4 is 11.7 Å². The van der Waals surface area contributed by atoms with Crippen LogP contribution in [0.25, 0.3) is 0 Å². The molecular formula is C20H21N3O3. The zero-order valence-electron chi connectivity index (χ0n) is 14.8. The third-order valence-corrected chi connectivity index (χ3v) is 3.68. The van der Waals surface area contributed by atoms with Crippen LogP contribution in [0.5, 0.6) is 11.5 Å². The topological polar surface area (TPSA) is 65.4 Å². The molecule has 1 heterocycles. The molecule has 0 aliphatic carbocycles. The number of carbonyl (C=O) groups is 1. The number of carbonyl (C=O) groups excluding carboxylic acids is 1. The predicted octanol–water partition coefficient (Wildman–Crippen LogP) is 3.65. The van der Waals surface area contributed by atoms with Crippen molar-refractivity contribution in [2.75, 3.05) is 11.9 Å². The average molecular weight is 351 g/mol. The minimum Gasteiger partial charge on any atom is -0.494 e. The molecule has 1 N–H and O–H groups in total. The second-order valence-electron chi connectivity index (χ2n) is 5.72. The summed E-state index contributed by atoms with van der Waals surface area (Å²) in [6, 6.07) is 16.6. The van der Waals surface area contributed by atoms with Crippen LogP contribution in [-0.4, -0.2) is 22.3 Å². The normalized spacial score (nSPS) is 10.4. The van der Waals surface area contributed by atoms with E-state index in [0.717, 1.165) is 17.1 Å². The molecule has 1 amide bonds. The predicted molar refractivity (Wildman–Crippen MR) is 99.5 cm³/mol. The minimum absolute atomic E-state index is 0.202. The molecule has 0 fully saturated rings. The first kappa shape index (κ1) is 17.5. The number of hydrogen-bond donors (Lipinski definition) is 1. The van der Waals surface area contributed by atoms with Crippen LogP contribution in [0.15, 0.2) is 60.8 Å². The van der Waals surface area contributed by atoms with Crippen LogP contribution >= 0.6 is 0 Å². The van der Waals surface area contributed by atoms with Crippen LogP contribution in [-0.2, 0) is 13.7 Å². The lowest BCUT2D eigenvalue weighted by Gasteiger charge is -2.09. The quantitative estimate of drug-likeness (QED) is 0.706. The van der Waals surface area contributed by atoms with Crippen molar-refractivity contribution in [2.45, 2.75) is 13.5 Å². The Morgan fingerprint density at radius 1 is 1.08 bits per heavy atom. The van der Waals surface area contributed by atoms with E-state index < -0.39 is 0 Å². The van der Waals surface area contributed by atoms with Gasteiger partial charge >= 0.3 is 0 Å². The fourth-order valence-corrected chi connectivity index (χ4v) is 2.44. The van der Waals surface area contributed by atoms with Gasteiger partial charge in [0, 0.05) is 24.9 Å². The summed E-state index contributed by atoms with van der Waals surface area (Å²) in [5.41, 5.74) is 1.47. The Balaban J connectivity index is 1.60. The largest absolute Gasteiger partial charge is 0.494 e. The molecule has 134 valence electrons. The first-order chi connectivity index (χ1) is 12.6. The monoisotopic (exact) mass is 351 g/mol. The molecule has 3 rings (SSSR count). The highest BCUT2D eigenvalue weighted by Gasteiger charge is 2.08. The zero-order valence-corrected chi connectivity index (χ0v) is 14.8. The fraction of sp³-hybridized carbons (Fsp3) is 0.200. The smallest absolute Gasteiger partial charge is 0.256 e. The van der Waals surface area contributed by atoms with E-state index in [2.05, 4.69) is 10.4 Å². The Morgan fingerprint density at radius 2 is 1.81 bits per heavy atom. The molecule has 2 aromatic carbocycles. The zero-order chi connectivity index (χ0) is 18.4. The highest BCUT2D eigenvalue weighted by molar-refractivity contribution is 6.03. The van der Waals surface area contributed by atoms with Gasteiger partial charge in [-0.25, -0.2) is 0 Å². The number of rotatable bonds is 7. The van der Waals surface area contributed by atoms with Crippen molar-refractivity contribution in [1.29, 1.82) is 0 Å². The summed E-state index contributed by atoms with van der Waals surface area (Å²) in [6.45, 7) is 2.95. The van der Waals surface area contributed by atoms with Crippen molar-refractivity contribution in [1.82, 2.24) is 9.78 Å². The van der Waals surface area contributed by atoms with E-state index in [4.69, 9.17) is 9.47 Å². The minimum atomic E-state index is -0.202. The highest BCUT2D eigenvalue weighted by atomic mass is 16.5. The molecule has 0 atom stereocenters. The van der Waals surface area contributed by atoms with E-state index >= 15 is 0 Å². The van der Waals surface area contributed by atoms with Crippen molar-refractivity contribution in [3.05, 3.63) is 71.9 Å². The Labute approximate surface area is 152 Å². The lowest BCUT2D eigenvalue weighted by atomic mass is 10.1. The summed E-state index contributed by atoms with van der Waals surface area (Å²) >= 11 is 0. The van der Waals surface area contributed by atoms with Crippen LogP contribution in [0, 0.1) is 0 Å². The third-order valence-electron chi connectivity index (χ3n) is 3.68. The maximum atomic E-state index is 12.3. The van der Waals surface area contributed by atoms with E-state index in [1.807, 2.05) is 49.4 Å². The van der Waals surface area contributed by atoms with Crippen LogP contribution in [0.4, 0.5) is 5.82 Å². The van der Waals surface area contributed by atoms with Crippen molar-refractivity contribution in [3.63, 3.8) is 0 Å². The SMILES string of the molecule is CCOc1ccc(OCc2cccc(C(=O)Nc3ccn(C)n3)c2)cc1. The lowest BCUT2D eigenvalue weighted by Crippen LogP contribution is -2.13. The first-order valence-corrected chi connectivity index (χ1v) is 8.39. The maximum Gasteiger partial charge on any atom is 0.256 e. The second-order valence-corrected chi connectivity index (χ2v) is 5.72. The number of ether oxygens (including phenoxy) is 2. The van der Waals surface area contributed by atoms with Gasteiger partial charge in [0.25, 0.3) is 5.91 Å². The number of aromatic nitrogens is 2. The number of amides is 1. The van der Waals surface area contributed by atoms with Crippen molar-refractivity contribution < 1.29 is 14.3 Å². The molecule has 0 aliphatic rings. The van der Waals surface area contributed by atoms with Gasteiger partial charge in [-0.05, 0) is 48.9 Å². The van der Waals surface area contributed by atoms with Crippen molar-refractivity contribution in [2.24, 2.45) is 7.05 Å². The summed E-state index contributed by atoms with van der Waals surface area (Å²) in [7, 11) is 1.80. The lowest BCUT2D eigenvalue weighted by molar-refractivity contribution is 0.102. The molecule has 0 saturated carbocycles. The molecule has 3 aromatic rings. The average Bonchev–Trinajstić information content (AvgIpc) is 3.06. The molecule has 6 heteroatoms. The van der Waals surface area contributed by atoms with E-state index in [1.165, 1.54) is 0 Å². The summed E-state index contributed by atoms with van der Waals surface area (Å²) in [4.78, 5) is 12.3. The number of hydrogen-bond acceptors (Lipinski definition) is 4. The van der Waals surface area contributed by atoms with Crippen molar-refractivity contribution in [3.8, 4) is 11.5 Å². The van der Waals surface area contributed by atoms with Crippen LogP contribution in [0.2, 0.25) is 0 Å². The fourth-order valence-electron chi connectivity index (χ4n) is 2.44. The molecular weight excluding hydrogens is 330 g/mol. The Bertz CT molecular complexity index is 872. The van der Waals surface area contributed by atoms with Gasteiger partial charge in [-0.1, -0.05) is 12.1 Å². The van der Waals surface area contributed by atoms with E-state index in [1.54, 1.807) is 30.1 Å². The summed E-state index contributed by atoms with van der Waals surface area (Å²) in [5, 5.41) is 6.92. The number of benzene rings is 2. The molecule has 0 spiro atoms. The molecule has 0 bridgehead atoms. The number of anilines is 1. The molecule has 1 aromatic heterocycles. The van der Waals surface area contributed by atoms with Gasteiger partial charge in [0.1, 0.15) is 18.1 Å².